The summed E-state index contributed by atoms with van der Waals surface area (Å²) < 4.78 is 0. The molecule has 1 heterocycles. The summed E-state index contributed by atoms with van der Waals surface area (Å²) >= 11 is 5.91. The lowest BCUT2D eigenvalue weighted by atomic mass is 10.0. The minimum absolute atomic E-state index is 0.618. The number of carbonyl (C=O) groups is 1. The van der Waals surface area contributed by atoms with Gasteiger partial charge in [0, 0.05) is 36.9 Å². The van der Waals surface area contributed by atoms with E-state index in [9.17, 15) is 9.90 Å². The molecule has 1 N–H and O–H groups in total. The van der Waals surface area contributed by atoms with Crippen molar-refractivity contribution in [3.05, 3.63) is 64.7 Å². The van der Waals surface area contributed by atoms with Gasteiger partial charge in [-0.05, 0) is 36.8 Å². The highest BCUT2D eigenvalue weighted by molar-refractivity contribution is 6.30. The van der Waals surface area contributed by atoms with Crippen molar-refractivity contribution in [3.63, 3.8) is 0 Å². The van der Waals surface area contributed by atoms with Crippen molar-refractivity contribution in [2.24, 2.45) is 0 Å². The average Bonchev–Trinajstić information content (AvgIpc) is 2.58. The van der Waals surface area contributed by atoms with Gasteiger partial charge >= 0.3 is 5.97 Å². The lowest BCUT2D eigenvalue weighted by molar-refractivity contribution is -0.143. The van der Waals surface area contributed by atoms with Crippen LogP contribution in [0.3, 0.4) is 0 Å². The van der Waals surface area contributed by atoms with Crippen LogP contribution in [0.4, 0.5) is 5.69 Å². The van der Waals surface area contributed by atoms with Crippen LogP contribution in [0.2, 0.25) is 5.02 Å². The van der Waals surface area contributed by atoms with E-state index >= 15 is 0 Å². The fraction of sp³-hybridized carbons (Fsp3) is 0.316. The maximum Gasteiger partial charge on any atom is 0.325 e. The van der Waals surface area contributed by atoms with E-state index in [1.807, 2.05) is 4.90 Å². The van der Waals surface area contributed by atoms with Crippen LogP contribution in [-0.4, -0.2) is 42.2 Å². The van der Waals surface area contributed by atoms with E-state index < -0.39 is 12.0 Å². The minimum atomic E-state index is -0.818. The maximum absolute atomic E-state index is 11.8. The molecule has 24 heavy (non-hydrogen) atoms. The lowest BCUT2D eigenvalue weighted by Gasteiger charge is -2.39. The quantitative estimate of drug-likeness (QED) is 0.920. The van der Waals surface area contributed by atoms with Crippen LogP contribution in [0.15, 0.2) is 48.5 Å². The van der Waals surface area contributed by atoms with E-state index in [0.717, 1.165) is 18.7 Å². The van der Waals surface area contributed by atoms with Gasteiger partial charge in [-0.25, -0.2) is 0 Å². The molecule has 0 aliphatic carbocycles. The summed E-state index contributed by atoms with van der Waals surface area (Å²) in [5.74, 6) is -0.818. The van der Waals surface area contributed by atoms with Crippen molar-refractivity contribution >= 4 is 23.3 Å². The average molecular weight is 345 g/mol. The Morgan fingerprint density at radius 1 is 1.00 bits per heavy atom. The van der Waals surface area contributed by atoms with Gasteiger partial charge in [-0.3, -0.25) is 9.69 Å². The molecule has 3 rings (SSSR count). The first kappa shape index (κ1) is 16.8. The van der Waals surface area contributed by atoms with Gasteiger partial charge in [-0.1, -0.05) is 41.4 Å². The summed E-state index contributed by atoms with van der Waals surface area (Å²) in [6, 6.07) is 14.9. The minimum Gasteiger partial charge on any atom is -0.480 e. The molecule has 126 valence electrons. The normalized spacial score (nSPS) is 16.8. The molecule has 0 saturated carbocycles. The Labute approximate surface area is 147 Å². The molecular weight excluding hydrogens is 324 g/mol. The van der Waals surface area contributed by atoms with Crippen LogP contribution in [0, 0.1) is 6.92 Å². The third-order valence-corrected chi connectivity index (χ3v) is 4.75. The maximum atomic E-state index is 11.8. The Hall–Kier alpha value is -2.04. The van der Waals surface area contributed by atoms with Crippen LogP contribution in [0.25, 0.3) is 0 Å². The van der Waals surface area contributed by atoms with Gasteiger partial charge in [0.1, 0.15) is 6.04 Å². The number of nitrogens with zero attached hydrogens (tertiary/aromatic N) is 2. The number of benzene rings is 2. The van der Waals surface area contributed by atoms with Crippen LogP contribution in [-0.2, 0) is 4.79 Å². The summed E-state index contributed by atoms with van der Waals surface area (Å²) in [5, 5.41) is 10.3. The third-order valence-electron chi connectivity index (χ3n) is 4.50. The zero-order chi connectivity index (χ0) is 17.1. The molecular formula is C19H21ClN2O2. The van der Waals surface area contributed by atoms with Crippen LogP contribution < -0.4 is 4.90 Å². The third kappa shape index (κ3) is 3.71. The van der Waals surface area contributed by atoms with Gasteiger partial charge in [0.15, 0.2) is 0 Å². The molecule has 0 unspecified atom stereocenters. The van der Waals surface area contributed by atoms with E-state index in [4.69, 9.17) is 11.6 Å². The van der Waals surface area contributed by atoms with Crippen molar-refractivity contribution < 1.29 is 9.90 Å². The Balaban J connectivity index is 1.70. The standard InChI is InChI=1S/C19H21ClN2O2/c1-14-2-8-17(9-3-14)21-10-12-22(13-11-21)18(19(23)24)15-4-6-16(20)7-5-15/h2-9,18H,10-13H2,1H3,(H,23,24)/t18-/m0/s1. The largest absolute Gasteiger partial charge is 0.480 e. The molecule has 0 bridgehead atoms. The second-order valence-electron chi connectivity index (χ2n) is 6.15. The fourth-order valence-corrected chi connectivity index (χ4v) is 3.27. The van der Waals surface area contributed by atoms with Gasteiger partial charge in [0.2, 0.25) is 0 Å². The zero-order valence-corrected chi connectivity index (χ0v) is 14.4. The number of aliphatic carboxylic acids is 1. The smallest absolute Gasteiger partial charge is 0.325 e. The van der Waals surface area contributed by atoms with Crippen molar-refractivity contribution in [1.82, 2.24) is 4.90 Å². The summed E-state index contributed by atoms with van der Waals surface area (Å²) in [5.41, 5.74) is 3.21. The van der Waals surface area contributed by atoms with Crippen LogP contribution >= 0.6 is 11.6 Å². The molecule has 0 aromatic heterocycles. The fourth-order valence-electron chi connectivity index (χ4n) is 3.15. The second-order valence-corrected chi connectivity index (χ2v) is 6.59. The molecule has 2 aromatic rings. The second kappa shape index (κ2) is 7.24. The number of hydrogen-bond acceptors (Lipinski definition) is 3. The Kier molecular flexibility index (Phi) is 5.07. The van der Waals surface area contributed by atoms with E-state index in [0.29, 0.717) is 18.1 Å². The SMILES string of the molecule is Cc1ccc(N2CCN([C@H](C(=O)O)c3ccc(Cl)cc3)CC2)cc1. The first-order valence-electron chi connectivity index (χ1n) is 8.08. The molecule has 4 nitrogen and oxygen atoms in total. The monoisotopic (exact) mass is 344 g/mol. The number of halogens is 1. The van der Waals surface area contributed by atoms with Gasteiger partial charge < -0.3 is 10.0 Å². The van der Waals surface area contributed by atoms with Crippen molar-refractivity contribution in [3.8, 4) is 0 Å². The van der Waals surface area contributed by atoms with Gasteiger partial charge in [0.05, 0.1) is 0 Å². The first-order chi connectivity index (χ1) is 11.5. The van der Waals surface area contributed by atoms with E-state index in [-0.39, 0.29) is 0 Å². The molecule has 1 aliphatic heterocycles. The number of aryl methyl sites for hydroxylation is 1. The van der Waals surface area contributed by atoms with Crippen molar-refractivity contribution in [2.45, 2.75) is 13.0 Å². The highest BCUT2D eigenvalue weighted by atomic mass is 35.5. The predicted molar refractivity (Wildman–Crippen MR) is 96.8 cm³/mol. The topological polar surface area (TPSA) is 43.8 Å². The number of piperazine rings is 1. The molecule has 0 spiro atoms. The summed E-state index contributed by atoms with van der Waals surface area (Å²) in [6.45, 7) is 5.15. The number of carboxylic acids is 1. The first-order valence-corrected chi connectivity index (χ1v) is 8.46. The number of carboxylic acid groups (broad SMARTS) is 1. The predicted octanol–water partition coefficient (Wildman–Crippen LogP) is 3.60. The number of rotatable bonds is 4. The molecule has 1 atom stereocenters. The van der Waals surface area contributed by atoms with Crippen molar-refractivity contribution in [2.75, 3.05) is 31.1 Å². The highest BCUT2D eigenvalue weighted by Crippen LogP contribution is 2.26. The Morgan fingerprint density at radius 3 is 2.12 bits per heavy atom. The molecule has 0 radical (unpaired) electrons. The van der Waals surface area contributed by atoms with E-state index in [2.05, 4.69) is 36.1 Å². The molecule has 2 aromatic carbocycles. The Morgan fingerprint density at radius 2 is 1.58 bits per heavy atom. The molecule has 5 heteroatoms. The zero-order valence-electron chi connectivity index (χ0n) is 13.7. The van der Waals surface area contributed by atoms with E-state index in [1.54, 1.807) is 24.3 Å². The summed E-state index contributed by atoms with van der Waals surface area (Å²) in [4.78, 5) is 16.1. The van der Waals surface area contributed by atoms with E-state index in [1.165, 1.54) is 11.3 Å². The number of anilines is 1. The summed E-state index contributed by atoms with van der Waals surface area (Å²) in [6.07, 6.45) is 0. The van der Waals surface area contributed by atoms with Gasteiger partial charge in [-0.15, -0.1) is 0 Å². The van der Waals surface area contributed by atoms with Gasteiger partial charge in [0.25, 0.3) is 0 Å². The summed E-state index contributed by atoms with van der Waals surface area (Å²) in [7, 11) is 0. The van der Waals surface area contributed by atoms with Crippen LogP contribution in [0.1, 0.15) is 17.2 Å². The molecule has 1 fully saturated rings. The van der Waals surface area contributed by atoms with Gasteiger partial charge in [-0.2, -0.15) is 0 Å². The lowest BCUT2D eigenvalue weighted by Crippen LogP contribution is -2.49. The Bertz CT molecular complexity index is 692. The van der Waals surface area contributed by atoms with Crippen molar-refractivity contribution in [1.29, 1.82) is 0 Å². The number of hydrogen-bond donors (Lipinski definition) is 1. The molecule has 0 amide bonds. The highest BCUT2D eigenvalue weighted by Gasteiger charge is 2.30. The molecule has 1 saturated heterocycles. The van der Waals surface area contributed by atoms with Crippen LogP contribution in [0.5, 0.6) is 0 Å². The molecule has 1 aliphatic rings.